The van der Waals surface area contributed by atoms with E-state index in [0.717, 1.165) is 22.0 Å². The fourth-order valence-corrected chi connectivity index (χ4v) is 3.82. The number of aromatic nitrogens is 4. The van der Waals surface area contributed by atoms with E-state index in [1.165, 1.54) is 6.33 Å². The summed E-state index contributed by atoms with van der Waals surface area (Å²) in [5.41, 5.74) is 3.71. The Balaban J connectivity index is 1.55. The maximum absolute atomic E-state index is 12.3. The lowest BCUT2D eigenvalue weighted by Crippen LogP contribution is -2.18. The van der Waals surface area contributed by atoms with Crippen LogP contribution in [-0.2, 0) is 5.60 Å². The standard InChI is InChI=1S/C26H28N6O2/c1-16(19-6-5-7-20-21(25(33)27-4)8-9-29-24(19)20)12-30-23-11-22(31-15-32-23)17-10-18(14-28-13-17)26(2,3)34/h5-11,13-16,34H,12H2,1-4H3,(H,27,33)(H,30,31,32)/t16-/m1/s1. The van der Waals surface area contributed by atoms with Crippen molar-refractivity contribution in [2.75, 3.05) is 18.9 Å². The van der Waals surface area contributed by atoms with Gasteiger partial charge in [-0.2, -0.15) is 0 Å². The van der Waals surface area contributed by atoms with Gasteiger partial charge < -0.3 is 15.7 Å². The number of anilines is 1. The second kappa shape index (κ2) is 9.52. The Morgan fingerprint density at radius 3 is 2.71 bits per heavy atom. The number of hydrogen-bond acceptors (Lipinski definition) is 7. The van der Waals surface area contributed by atoms with Crippen molar-refractivity contribution in [3.63, 3.8) is 0 Å². The van der Waals surface area contributed by atoms with Crippen LogP contribution in [0.4, 0.5) is 5.82 Å². The molecule has 0 saturated heterocycles. The maximum atomic E-state index is 12.3. The average Bonchev–Trinajstić information content (AvgIpc) is 2.85. The van der Waals surface area contributed by atoms with E-state index in [4.69, 9.17) is 0 Å². The highest BCUT2D eigenvalue weighted by Crippen LogP contribution is 2.28. The predicted molar refractivity (Wildman–Crippen MR) is 133 cm³/mol. The smallest absolute Gasteiger partial charge is 0.251 e. The largest absolute Gasteiger partial charge is 0.386 e. The van der Waals surface area contributed by atoms with Gasteiger partial charge in [-0.3, -0.25) is 14.8 Å². The van der Waals surface area contributed by atoms with Crippen LogP contribution in [0.15, 0.2) is 61.3 Å². The van der Waals surface area contributed by atoms with Gasteiger partial charge in [-0.05, 0) is 31.5 Å². The van der Waals surface area contributed by atoms with E-state index >= 15 is 0 Å². The van der Waals surface area contributed by atoms with E-state index < -0.39 is 5.60 Å². The molecule has 0 fully saturated rings. The van der Waals surface area contributed by atoms with Gasteiger partial charge in [0.1, 0.15) is 12.1 Å². The molecule has 8 heteroatoms. The van der Waals surface area contributed by atoms with Crippen LogP contribution in [0.25, 0.3) is 22.2 Å². The molecule has 8 nitrogen and oxygen atoms in total. The SMILES string of the molecule is CNC(=O)c1ccnc2c([C@H](C)CNc3cc(-c4cncc(C(C)(C)O)c4)ncn3)cccc12. The number of carbonyl (C=O) groups excluding carboxylic acids is 1. The Bertz CT molecular complexity index is 1330. The Kier molecular flexibility index (Phi) is 6.51. The second-order valence-corrected chi connectivity index (χ2v) is 8.77. The van der Waals surface area contributed by atoms with E-state index in [1.807, 2.05) is 30.3 Å². The Labute approximate surface area is 198 Å². The van der Waals surface area contributed by atoms with Crippen LogP contribution in [0.1, 0.15) is 48.2 Å². The third kappa shape index (κ3) is 4.87. The van der Waals surface area contributed by atoms with Crippen molar-refractivity contribution >= 4 is 22.6 Å². The van der Waals surface area contributed by atoms with Gasteiger partial charge in [0.25, 0.3) is 5.91 Å². The van der Waals surface area contributed by atoms with Crippen LogP contribution in [-0.4, -0.2) is 44.5 Å². The van der Waals surface area contributed by atoms with Gasteiger partial charge in [-0.1, -0.05) is 25.1 Å². The zero-order valence-electron chi connectivity index (χ0n) is 19.7. The highest BCUT2D eigenvalue weighted by atomic mass is 16.3. The van der Waals surface area contributed by atoms with Gasteiger partial charge in [0.05, 0.1) is 22.4 Å². The molecule has 0 radical (unpaired) electrons. The summed E-state index contributed by atoms with van der Waals surface area (Å²) in [5, 5.41) is 17.2. The van der Waals surface area contributed by atoms with Crippen molar-refractivity contribution in [1.29, 1.82) is 0 Å². The topological polar surface area (TPSA) is 113 Å². The quantitative estimate of drug-likeness (QED) is 0.387. The van der Waals surface area contributed by atoms with Crippen molar-refractivity contribution in [1.82, 2.24) is 25.3 Å². The fraction of sp³-hybridized carbons (Fsp3) is 0.269. The summed E-state index contributed by atoms with van der Waals surface area (Å²) in [6.45, 7) is 6.17. The molecule has 4 aromatic rings. The van der Waals surface area contributed by atoms with Crippen molar-refractivity contribution < 1.29 is 9.90 Å². The fourth-order valence-electron chi connectivity index (χ4n) is 3.82. The van der Waals surface area contributed by atoms with Crippen LogP contribution in [0, 0.1) is 0 Å². The molecular formula is C26H28N6O2. The van der Waals surface area contributed by atoms with Gasteiger partial charge in [0, 0.05) is 60.7 Å². The summed E-state index contributed by atoms with van der Waals surface area (Å²) in [5.74, 6) is 0.659. The van der Waals surface area contributed by atoms with Gasteiger partial charge in [0.15, 0.2) is 0 Å². The molecule has 3 aromatic heterocycles. The first-order valence-corrected chi connectivity index (χ1v) is 11.1. The minimum absolute atomic E-state index is 0.106. The number of aliphatic hydroxyl groups is 1. The molecule has 1 amide bonds. The molecule has 174 valence electrons. The first-order chi connectivity index (χ1) is 16.3. The Morgan fingerprint density at radius 2 is 1.94 bits per heavy atom. The van der Waals surface area contributed by atoms with Crippen molar-refractivity contribution in [3.8, 4) is 11.3 Å². The second-order valence-electron chi connectivity index (χ2n) is 8.77. The molecular weight excluding hydrogens is 428 g/mol. The Hall–Kier alpha value is -3.91. The van der Waals surface area contributed by atoms with E-state index in [0.29, 0.717) is 29.2 Å². The summed E-state index contributed by atoms with van der Waals surface area (Å²) in [6.07, 6.45) is 6.55. The number of rotatable bonds is 7. The lowest BCUT2D eigenvalue weighted by atomic mass is 9.96. The normalized spacial score (nSPS) is 12.4. The molecule has 0 aliphatic heterocycles. The first kappa shape index (κ1) is 23.3. The monoisotopic (exact) mass is 456 g/mol. The zero-order valence-corrected chi connectivity index (χ0v) is 19.7. The van der Waals surface area contributed by atoms with Crippen LogP contribution in [0.3, 0.4) is 0 Å². The summed E-state index contributed by atoms with van der Waals surface area (Å²) < 4.78 is 0. The third-order valence-electron chi connectivity index (χ3n) is 5.80. The van der Waals surface area contributed by atoms with E-state index in [2.05, 4.69) is 37.5 Å². The third-order valence-corrected chi connectivity index (χ3v) is 5.80. The molecule has 1 aromatic carbocycles. The van der Waals surface area contributed by atoms with Gasteiger partial charge >= 0.3 is 0 Å². The zero-order chi connectivity index (χ0) is 24.3. The highest BCUT2D eigenvalue weighted by molar-refractivity contribution is 6.06. The van der Waals surface area contributed by atoms with Gasteiger partial charge in [-0.15, -0.1) is 0 Å². The number of amides is 1. The number of benzene rings is 1. The van der Waals surface area contributed by atoms with Crippen LogP contribution < -0.4 is 10.6 Å². The number of pyridine rings is 2. The molecule has 34 heavy (non-hydrogen) atoms. The van der Waals surface area contributed by atoms with Crippen molar-refractivity contribution in [2.45, 2.75) is 32.3 Å². The lowest BCUT2D eigenvalue weighted by Gasteiger charge is -2.18. The number of fused-ring (bicyclic) bond motifs is 1. The Morgan fingerprint density at radius 1 is 1.12 bits per heavy atom. The number of nitrogens with one attached hydrogen (secondary N) is 2. The minimum Gasteiger partial charge on any atom is -0.386 e. The molecule has 4 rings (SSSR count). The number of carbonyl (C=O) groups is 1. The average molecular weight is 457 g/mol. The summed E-state index contributed by atoms with van der Waals surface area (Å²) in [4.78, 5) is 29.8. The molecule has 0 bridgehead atoms. The van der Waals surface area contributed by atoms with Crippen LogP contribution >= 0.6 is 0 Å². The van der Waals surface area contributed by atoms with Gasteiger partial charge in [0.2, 0.25) is 0 Å². The maximum Gasteiger partial charge on any atom is 0.251 e. The summed E-state index contributed by atoms with van der Waals surface area (Å²) in [6, 6.07) is 11.4. The molecule has 0 aliphatic rings. The van der Waals surface area contributed by atoms with E-state index in [1.54, 1.807) is 45.6 Å². The van der Waals surface area contributed by atoms with Crippen LogP contribution in [0.2, 0.25) is 0 Å². The first-order valence-electron chi connectivity index (χ1n) is 11.1. The molecule has 3 heterocycles. The summed E-state index contributed by atoms with van der Waals surface area (Å²) in [7, 11) is 1.62. The summed E-state index contributed by atoms with van der Waals surface area (Å²) >= 11 is 0. The van der Waals surface area contributed by atoms with Crippen molar-refractivity contribution in [3.05, 3.63) is 78.0 Å². The number of para-hydroxylation sites is 1. The molecule has 3 N–H and O–H groups in total. The van der Waals surface area contributed by atoms with Crippen LogP contribution in [0.5, 0.6) is 0 Å². The van der Waals surface area contributed by atoms with E-state index in [9.17, 15) is 9.90 Å². The molecule has 0 spiro atoms. The van der Waals surface area contributed by atoms with E-state index in [-0.39, 0.29) is 11.8 Å². The molecule has 0 unspecified atom stereocenters. The lowest BCUT2D eigenvalue weighted by molar-refractivity contribution is 0.0782. The highest BCUT2D eigenvalue weighted by Gasteiger charge is 2.18. The number of nitrogens with zero attached hydrogens (tertiary/aromatic N) is 4. The number of hydrogen-bond donors (Lipinski definition) is 3. The van der Waals surface area contributed by atoms with Crippen molar-refractivity contribution in [2.24, 2.45) is 0 Å². The van der Waals surface area contributed by atoms with Gasteiger partial charge in [-0.25, -0.2) is 9.97 Å². The molecule has 0 aliphatic carbocycles. The predicted octanol–water partition coefficient (Wildman–Crippen LogP) is 3.89. The molecule has 0 saturated carbocycles. The molecule has 1 atom stereocenters. The minimum atomic E-state index is -0.989.